The number of nitrogens with zero attached hydrogens (tertiary/aromatic N) is 3. The Bertz CT molecular complexity index is 1220. The van der Waals surface area contributed by atoms with E-state index in [1.807, 2.05) is 0 Å². The molecule has 1 aliphatic carbocycles. The molecule has 1 aromatic carbocycles. The van der Waals surface area contributed by atoms with Crippen molar-refractivity contribution in [3.63, 3.8) is 0 Å². The van der Waals surface area contributed by atoms with Crippen molar-refractivity contribution in [1.82, 2.24) is 19.6 Å². The number of pyridine rings is 1. The average molecular weight is 474 g/mol. The van der Waals surface area contributed by atoms with E-state index in [4.69, 9.17) is 14.2 Å². The second-order valence-electron chi connectivity index (χ2n) is 7.99. The number of nitrogens with one attached hydrogen (secondary N) is 1. The van der Waals surface area contributed by atoms with Crippen LogP contribution in [-0.4, -0.2) is 66.6 Å². The number of carbonyl (C=O) groups is 2. The minimum atomic E-state index is -3.13. The van der Waals surface area contributed by atoms with Crippen LogP contribution in [0, 0.1) is 0 Å². The molecule has 1 N–H and O–H groups in total. The second kappa shape index (κ2) is 9.54. The van der Waals surface area contributed by atoms with E-state index in [9.17, 15) is 18.4 Å². The molecule has 4 rings (SSSR count). The van der Waals surface area contributed by atoms with Gasteiger partial charge >= 0.3 is 6.61 Å². The lowest BCUT2D eigenvalue weighted by atomic mass is 10.1. The Morgan fingerprint density at radius 1 is 1.24 bits per heavy atom. The quantitative estimate of drug-likeness (QED) is 0.513. The van der Waals surface area contributed by atoms with Crippen LogP contribution in [-0.2, 0) is 4.79 Å². The number of halogens is 2. The molecule has 2 heterocycles. The molecule has 3 aromatic rings. The molecular weight excluding hydrogens is 450 g/mol. The van der Waals surface area contributed by atoms with Crippen LogP contribution in [0.15, 0.2) is 36.7 Å². The molecule has 9 nitrogen and oxygen atoms in total. The maximum Gasteiger partial charge on any atom is 0.387 e. The number of likely N-dealkylation sites (N-methyl/N-ethyl adjacent to an activating group) is 1. The number of alkyl halides is 2. The number of aromatic nitrogens is 2. The zero-order valence-electron chi connectivity index (χ0n) is 18.9. The van der Waals surface area contributed by atoms with E-state index in [-0.39, 0.29) is 35.6 Å². The normalized spacial score (nSPS) is 13.1. The fraction of sp³-hybridized carbons (Fsp3) is 0.348. The number of ether oxygens (including phenoxy) is 3. The third-order valence-electron chi connectivity index (χ3n) is 5.28. The molecule has 180 valence electrons. The van der Waals surface area contributed by atoms with Gasteiger partial charge in [0.25, 0.3) is 11.8 Å². The van der Waals surface area contributed by atoms with Gasteiger partial charge in [0, 0.05) is 38.0 Å². The lowest BCUT2D eigenvalue weighted by molar-refractivity contribution is -0.130. The monoisotopic (exact) mass is 474 g/mol. The van der Waals surface area contributed by atoms with E-state index in [0.717, 1.165) is 12.8 Å². The number of rotatable bonds is 9. The molecule has 0 spiro atoms. The molecular formula is C23H24F2N4O5. The molecule has 0 atom stereocenters. The number of amides is 2. The molecule has 11 heteroatoms. The first kappa shape index (κ1) is 23.3. The highest BCUT2D eigenvalue weighted by Crippen LogP contribution is 2.37. The van der Waals surface area contributed by atoms with E-state index < -0.39 is 12.5 Å². The molecule has 0 radical (unpaired) electrons. The highest BCUT2D eigenvalue weighted by atomic mass is 19.3. The predicted molar refractivity (Wildman–Crippen MR) is 118 cm³/mol. The predicted octanol–water partition coefficient (Wildman–Crippen LogP) is 2.97. The Balaban J connectivity index is 1.69. The Morgan fingerprint density at radius 2 is 1.97 bits per heavy atom. The summed E-state index contributed by atoms with van der Waals surface area (Å²) in [6.07, 6.45) is 4.91. The average Bonchev–Trinajstić information content (AvgIpc) is 3.51. The lowest BCUT2D eigenvalue weighted by Gasteiger charge is -2.16. The minimum absolute atomic E-state index is 0.0273. The van der Waals surface area contributed by atoms with Gasteiger partial charge in [0.2, 0.25) is 0 Å². The maximum absolute atomic E-state index is 13.2. The number of benzene rings is 1. The molecule has 0 saturated heterocycles. The smallest absolute Gasteiger partial charge is 0.387 e. The SMILES string of the molecule is COc1cc(-c2cnc3cc(OCC(=O)N(C)C)ccn23)cc(OC(F)F)c1C(=O)NC1CC1. The van der Waals surface area contributed by atoms with Crippen molar-refractivity contribution < 1.29 is 32.6 Å². The van der Waals surface area contributed by atoms with Gasteiger partial charge in [-0.05, 0) is 31.0 Å². The number of fused-ring (bicyclic) bond motifs is 1. The second-order valence-corrected chi connectivity index (χ2v) is 7.99. The minimum Gasteiger partial charge on any atom is -0.496 e. The van der Waals surface area contributed by atoms with Gasteiger partial charge in [-0.3, -0.25) is 14.0 Å². The summed E-state index contributed by atoms with van der Waals surface area (Å²) in [5.74, 6) is -0.462. The molecule has 1 aliphatic rings. The van der Waals surface area contributed by atoms with Crippen molar-refractivity contribution in [1.29, 1.82) is 0 Å². The van der Waals surface area contributed by atoms with Crippen molar-refractivity contribution in [3.8, 4) is 28.5 Å². The summed E-state index contributed by atoms with van der Waals surface area (Å²) < 4.78 is 43.6. The number of imidazole rings is 1. The summed E-state index contributed by atoms with van der Waals surface area (Å²) in [4.78, 5) is 30.2. The zero-order chi connectivity index (χ0) is 24.4. The first-order chi connectivity index (χ1) is 16.3. The highest BCUT2D eigenvalue weighted by Gasteiger charge is 2.29. The van der Waals surface area contributed by atoms with Gasteiger partial charge in [-0.2, -0.15) is 8.78 Å². The zero-order valence-corrected chi connectivity index (χ0v) is 18.9. The Kier molecular flexibility index (Phi) is 6.53. The van der Waals surface area contributed by atoms with Crippen LogP contribution < -0.4 is 19.5 Å². The third-order valence-corrected chi connectivity index (χ3v) is 5.28. The van der Waals surface area contributed by atoms with Gasteiger partial charge in [0.05, 0.1) is 19.0 Å². The number of hydrogen-bond acceptors (Lipinski definition) is 6. The Labute approximate surface area is 194 Å². The molecule has 1 saturated carbocycles. The van der Waals surface area contributed by atoms with Crippen molar-refractivity contribution in [3.05, 3.63) is 42.2 Å². The van der Waals surface area contributed by atoms with E-state index in [0.29, 0.717) is 22.7 Å². The summed E-state index contributed by atoms with van der Waals surface area (Å²) in [6.45, 7) is -3.24. The van der Waals surface area contributed by atoms with Crippen molar-refractivity contribution >= 4 is 17.5 Å². The molecule has 2 aromatic heterocycles. The summed E-state index contributed by atoms with van der Waals surface area (Å²) in [5.41, 5.74) is 1.43. The van der Waals surface area contributed by atoms with Crippen LogP contribution in [0.25, 0.3) is 16.9 Å². The fourth-order valence-corrected chi connectivity index (χ4v) is 3.34. The van der Waals surface area contributed by atoms with E-state index in [1.54, 1.807) is 49.1 Å². The van der Waals surface area contributed by atoms with Crippen LogP contribution >= 0.6 is 0 Å². The first-order valence-corrected chi connectivity index (χ1v) is 10.5. The number of carbonyl (C=O) groups excluding carboxylic acids is 2. The Morgan fingerprint density at radius 3 is 2.62 bits per heavy atom. The van der Waals surface area contributed by atoms with Gasteiger partial charge < -0.3 is 24.4 Å². The lowest BCUT2D eigenvalue weighted by Crippen LogP contribution is -2.27. The van der Waals surface area contributed by atoms with Gasteiger partial charge in [0.1, 0.15) is 28.5 Å². The van der Waals surface area contributed by atoms with E-state index in [2.05, 4.69) is 10.3 Å². The van der Waals surface area contributed by atoms with Crippen molar-refractivity contribution in [2.24, 2.45) is 0 Å². The number of hydrogen-bond donors (Lipinski definition) is 1. The summed E-state index contributed by atoms with van der Waals surface area (Å²) in [5, 5.41) is 2.77. The van der Waals surface area contributed by atoms with Gasteiger partial charge in [-0.1, -0.05) is 0 Å². The van der Waals surface area contributed by atoms with Crippen molar-refractivity contribution in [2.45, 2.75) is 25.5 Å². The highest BCUT2D eigenvalue weighted by molar-refractivity contribution is 6.01. The number of methoxy groups -OCH3 is 1. The fourth-order valence-electron chi connectivity index (χ4n) is 3.34. The molecule has 1 fully saturated rings. The molecule has 0 bridgehead atoms. The first-order valence-electron chi connectivity index (χ1n) is 10.5. The topological polar surface area (TPSA) is 94.4 Å². The van der Waals surface area contributed by atoms with E-state index in [1.165, 1.54) is 18.1 Å². The van der Waals surface area contributed by atoms with Crippen LogP contribution in [0.1, 0.15) is 23.2 Å². The molecule has 0 aliphatic heterocycles. The largest absolute Gasteiger partial charge is 0.496 e. The van der Waals surface area contributed by atoms with Crippen LogP contribution in [0.4, 0.5) is 8.78 Å². The van der Waals surface area contributed by atoms with Crippen molar-refractivity contribution in [2.75, 3.05) is 27.8 Å². The molecule has 0 unspecified atom stereocenters. The van der Waals surface area contributed by atoms with Crippen LogP contribution in [0.5, 0.6) is 17.2 Å². The standard InChI is InChI=1S/C23H24F2N4O5/c1-28(2)20(30)12-33-15-6-7-29-16(11-26-19(29)10-15)13-8-17(32-3)21(18(9-13)34-23(24)25)22(31)27-14-4-5-14/h6-11,14,23H,4-5,12H2,1-3H3,(H,27,31). The summed E-state index contributed by atoms with van der Waals surface area (Å²) >= 11 is 0. The van der Waals surface area contributed by atoms with E-state index >= 15 is 0 Å². The van der Waals surface area contributed by atoms with Crippen LogP contribution in [0.2, 0.25) is 0 Å². The van der Waals surface area contributed by atoms with Crippen LogP contribution in [0.3, 0.4) is 0 Å². The Hall–Kier alpha value is -3.89. The van der Waals surface area contributed by atoms with Gasteiger partial charge in [0.15, 0.2) is 6.61 Å². The third kappa shape index (κ3) is 5.03. The van der Waals surface area contributed by atoms with Gasteiger partial charge in [-0.15, -0.1) is 0 Å². The maximum atomic E-state index is 13.2. The molecule has 34 heavy (non-hydrogen) atoms. The van der Waals surface area contributed by atoms with Gasteiger partial charge in [-0.25, -0.2) is 4.98 Å². The summed E-state index contributed by atoms with van der Waals surface area (Å²) in [7, 11) is 4.63. The molecule has 2 amide bonds. The summed E-state index contributed by atoms with van der Waals surface area (Å²) in [6, 6.07) is 6.27.